The highest BCUT2D eigenvalue weighted by Crippen LogP contribution is 2.32. The lowest BCUT2D eigenvalue weighted by Crippen LogP contribution is -2.01. The van der Waals surface area contributed by atoms with Crippen molar-refractivity contribution in [3.8, 4) is 17.2 Å². The van der Waals surface area contributed by atoms with E-state index in [4.69, 9.17) is 5.26 Å². The predicted molar refractivity (Wildman–Crippen MR) is 70.7 cm³/mol. The van der Waals surface area contributed by atoms with Crippen LogP contribution in [0.15, 0.2) is 42.5 Å². The first-order valence-electron chi connectivity index (χ1n) is 5.79. The second-order valence-corrected chi connectivity index (χ2v) is 3.85. The average molecular weight is 240 g/mol. The van der Waals surface area contributed by atoms with Crippen molar-refractivity contribution in [1.29, 1.82) is 5.26 Å². The number of nitrogens with one attached hydrogen (secondary N) is 1. The van der Waals surface area contributed by atoms with E-state index in [1.807, 2.05) is 13.0 Å². The lowest BCUT2D eigenvalue weighted by Gasteiger charge is -2.13. The minimum atomic E-state index is -0.320. The number of hydrogen-bond acceptors (Lipinski definition) is 2. The van der Waals surface area contributed by atoms with E-state index < -0.39 is 0 Å². The number of hydrogen-bond donors (Lipinski definition) is 1. The molecule has 0 aliphatic rings. The Morgan fingerprint density at radius 1 is 1.17 bits per heavy atom. The molecule has 3 heteroatoms. The molecule has 2 aromatic rings. The quantitative estimate of drug-likeness (QED) is 0.885. The van der Waals surface area contributed by atoms with Crippen molar-refractivity contribution >= 4 is 5.69 Å². The molecule has 0 saturated carbocycles. The summed E-state index contributed by atoms with van der Waals surface area (Å²) in [5.74, 6) is -0.320. The molecule has 90 valence electrons. The molecule has 2 nitrogen and oxygen atoms in total. The Morgan fingerprint density at radius 3 is 2.61 bits per heavy atom. The van der Waals surface area contributed by atoms with E-state index in [0.717, 1.165) is 12.2 Å². The molecule has 0 fully saturated rings. The van der Waals surface area contributed by atoms with Crippen LogP contribution < -0.4 is 5.32 Å². The Bertz CT molecular complexity index is 600. The van der Waals surface area contributed by atoms with Gasteiger partial charge in [0.1, 0.15) is 5.82 Å². The molecule has 0 unspecified atom stereocenters. The fourth-order valence-corrected chi connectivity index (χ4v) is 1.94. The second kappa shape index (κ2) is 5.33. The number of nitriles is 1. The molecule has 2 aromatic carbocycles. The molecule has 0 radical (unpaired) electrons. The van der Waals surface area contributed by atoms with Gasteiger partial charge in [-0.25, -0.2) is 4.39 Å². The highest BCUT2D eigenvalue weighted by molar-refractivity contribution is 5.83. The summed E-state index contributed by atoms with van der Waals surface area (Å²) in [5, 5.41) is 12.3. The maximum Gasteiger partial charge on any atom is 0.131 e. The van der Waals surface area contributed by atoms with Crippen LogP contribution in [0, 0.1) is 17.1 Å². The number of benzene rings is 2. The van der Waals surface area contributed by atoms with Crippen LogP contribution in [0.1, 0.15) is 12.5 Å². The van der Waals surface area contributed by atoms with E-state index in [0.29, 0.717) is 16.7 Å². The van der Waals surface area contributed by atoms with Crippen molar-refractivity contribution < 1.29 is 4.39 Å². The number of rotatable bonds is 3. The molecule has 1 N–H and O–H groups in total. The van der Waals surface area contributed by atoms with Crippen molar-refractivity contribution in [3.05, 3.63) is 53.8 Å². The Morgan fingerprint density at radius 2 is 1.94 bits per heavy atom. The standard InChI is InChI=1S/C15H13FN2/c1-2-18-14-9-5-6-11(10-17)15(14)12-7-3-4-8-13(12)16/h3-9,18H,2H2,1H3. The zero-order chi connectivity index (χ0) is 13.0. The van der Waals surface area contributed by atoms with Crippen molar-refractivity contribution in [3.63, 3.8) is 0 Å². The van der Waals surface area contributed by atoms with Crippen LogP contribution in [-0.4, -0.2) is 6.54 Å². The van der Waals surface area contributed by atoms with Crippen molar-refractivity contribution in [2.45, 2.75) is 6.92 Å². The Labute approximate surface area is 106 Å². The van der Waals surface area contributed by atoms with Gasteiger partial charge in [-0.2, -0.15) is 5.26 Å². The first-order chi connectivity index (χ1) is 8.77. The van der Waals surface area contributed by atoms with Gasteiger partial charge in [0.05, 0.1) is 11.6 Å². The van der Waals surface area contributed by atoms with Crippen LogP contribution in [0.2, 0.25) is 0 Å². The van der Waals surface area contributed by atoms with Crippen LogP contribution in [0.3, 0.4) is 0 Å². The molecule has 18 heavy (non-hydrogen) atoms. The lowest BCUT2D eigenvalue weighted by molar-refractivity contribution is 0.631. The number of halogens is 1. The summed E-state index contributed by atoms with van der Waals surface area (Å²) in [7, 11) is 0. The van der Waals surface area contributed by atoms with Gasteiger partial charge in [-0.1, -0.05) is 24.3 Å². The topological polar surface area (TPSA) is 35.8 Å². The molecule has 0 aliphatic carbocycles. The smallest absolute Gasteiger partial charge is 0.131 e. The maximum absolute atomic E-state index is 13.9. The van der Waals surface area contributed by atoms with Gasteiger partial charge in [-0.05, 0) is 25.1 Å². The van der Waals surface area contributed by atoms with Crippen LogP contribution in [-0.2, 0) is 0 Å². The zero-order valence-corrected chi connectivity index (χ0v) is 10.1. The van der Waals surface area contributed by atoms with Crippen LogP contribution in [0.25, 0.3) is 11.1 Å². The summed E-state index contributed by atoms with van der Waals surface area (Å²) in [5.41, 5.74) is 2.32. The summed E-state index contributed by atoms with van der Waals surface area (Å²) >= 11 is 0. The van der Waals surface area contributed by atoms with Gasteiger partial charge in [-0.15, -0.1) is 0 Å². The van der Waals surface area contributed by atoms with Gasteiger partial charge in [0, 0.05) is 23.4 Å². The molecule has 0 atom stereocenters. The van der Waals surface area contributed by atoms with Gasteiger partial charge < -0.3 is 5.32 Å². The summed E-state index contributed by atoms with van der Waals surface area (Å²) in [6.07, 6.45) is 0. The predicted octanol–water partition coefficient (Wildman–Crippen LogP) is 3.80. The minimum Gasteiger partial charge on any atom is -0.385 e. The molecular formula is C15H13FN2. The monoisotopic (exact) mass is 240 g/mol. The highest BCUT2D eigenvalue weighted by Gasteiger charge is 2.13. The third-order valence-electron chi connectivity index (χ3n) is 2.70. The summed E-state index contributed by atoms with van der Waals surface area (Å²) in [6, 6.07) is 14.0. The largest absolute Gasteiger partial charge is 0.385 e. The van der Waals surface area contributed by atoms with Crippen LogP contribution >= 0.6 is 0 Å². The summed E-state index contributed by atoms with van der Waals surface area (Å²) in [4.78, 5) is 0. The Kier molecular flexibility index (Phi) is 3.59. The van der Waals surface area contributed by atoms with E-state index >= 15 is 0 Å². The van der Waals surface area contributed by atoms with E-state index in [1.165, 1.54) is 6.07 Å². The Balaban J connectivity index is 2.69. The van der Waals surface area contributed by atoms with Gasteiger partial charge in [0.15, 0.2) is 0 Å². The molecule has 0 aromatic heterocycles. The van der Waals surface area contributed by atoms with E-state index in [9.17, 15) is 4.39 Å². The molecule has 0 amide bonds. The van der Waals surface area contributed by atoms with Crippen molar-refractivity contribution in [2.75, 3.05) is 11.9 Å². The molecule has 0 heterocycles. The highest BCUT2D eigenvalue weighted by atomic mass is 19.1. The van der Waals surface area contributed by atoms with Gasteiger partial charge in [0.25, 0.3) is 0 Å². The fourth-order valence-electron chi connectivity index (χ4n) is 1.94. The first kappa shape index (κ1) is 12.1. The first-order valence-corrected chi connectivity index (χ1v) is 5.79. The summed E-state index contributed by atoms with van der Waals surface area (Å²) < 4.78 is 13.9. The van der Waals surface area contributed by atoms with Crippen molar-refractivity contribution in [2.24, 2.45) is 0 Å². The van der Waals surface area contributed by atoms with Crippen molar-refractivity contribution in [1.82, 2.24) is 0 Å². The molecule has 0 spiro atoms. The fraction of sp³-hybridized carbons (Fsp3) is 0.133. The van der Waals surface area contributed by atoms with E-state index in [2.05, 4.69) is 11.4 Å². The van der Waals surface area contributed by atoms with Crippen LogP contribution in [0.4, 0.5) is 10.1 Å². The molecule has 0 bridgehead atoms. The number of anilines is 1. The maximum atomic E-state index is 13.9. The van der Waals surface area contributed by atoms with Crippen LogP contribution in [0.5, 0.6) is 0 Å². The average Bonchev–Trinajstić information content (AvgIpc) is 2.40. The Hall–Kier alpha value is -2.34. The minimum absolute atomic E-state index is 0.320. The number of nitrogens with zero attached hydrogens (tertiary/aromatic N) is 1. The zero-order valence-electron chi connectivity index (χ0n) is 10.1. The van der Waals surface area contributed by atoms with E-state index in [-0.39, 0.29) is 5.82 Å². The third kappa shape index (κ3) is 2.18. The van der Waals surface area contributed by atoms with Gasteiger partial charge >= 0.3 is 0 Å². The molecule has 0 aliphatic heterocycles. The van der Waals surface area contributed by atoms with Gasteiger partial charge in [0.2, 0.25) is 0 Å². The lowest BCUT2D eigenvalue weighted by atomic mass is 9.97. The SMILES string of the molecule is CCNc1cccc(C#N)c1-c1ccccc1F. The molecule has 0 saturated heterocycles. The molecular weight excluding hydrogens is 227 g/mol. The normalized spacial score (nSPS) is 9.83. The third-order valence-corrected chi connectivity index (χ3v) is 2.70. The summed E-state index contributed by atoms with van der Waals surface area (Å²) in [6.45, 7) is 2.68. The second-order valence-electron chi connectivity index (χ2n) is 3.85. The van der Waals surface area contributed by atoms with E-state index in [1.54, 1.807) is 30.3 Å². The molecule has 2 rings (SSSR count). The van der Waals surface area contributed by atoms with Gasteiger partial charge in [-0.3, -0.25) is 0 Å².